The van der Waals surface area contributed by atoms with Crippen LogP contribution in [0.3, 0.4) is 0 Å². The number of nitrogens with zero attached hydrogens (tertiary/aromatic N) is 1. The normalized spacial score (nSPS) is 10.8. The van der Waals surface area contributed by atoms with Crippen LogP contribution in [0.1, 0.15) is 19.5 Å². The van der Waals surface area contributed by atoms with Gasteiger partial charge in [0.2, 0.25) is 0 Å². The van der Waals surface area contributed by atoms with Crippen LogP contribution in [-0.2, 0) is 6.54 Å². The van der Waals surface area contributed by atoms with Crippen molar-refractivity contribution in [2.24, 2.45) is 0 Å². The molecule has 21 heavy (non-hydrogen) atoms. The van der Waals surface area contributed by atoms with Crippen LogP contribution in [0.15, 0.2) is 53.6 Å². The van der Waals surface area contributed by atoms with E-state index in [9.17, 15) is 0 Å². The Hall–Kier alpha value is -1.52. The molecule has 0 radical (unpaired) electrons. The Labute approximate surface area is 131 Å². The molecule has 0 aliphatic carbocycles. The number of pyridine rings is 1. The maximum atomic E-state index is 5.70. The zero-order chi connectivity index (χ0) is 14.9. The van der Waals surface area contributed by atoms with E-state index in [1.54, 1.807) is 18.0 Å². The van der Waals surface area contributed by atoms with Crippen LogP contribution in [0.4, 0.5) is 0 Å². The van der Waals surface area contributed by atoms with Crippen LogP contribution >= 0.6 is 11.8 Å². The minimum absolute atomic E-state index is 0.470. The van der Waals surface area contributed by atoms with Gasteiger partial charge in [0, 0.05) is 23.2 Å². The molecule has 3 nitrogen and oxygen atoms in total. The Kier molecular flexibility index (Phi) is 6.57. The van der Waals surface area contributed by atoms with Gasteiger partial charge in [0.15, 0.2) is 0 Å². The van der Waals surface area contributed by atoms with Crippen molar-refractivity contribution in [2.45, 2.75) is 31.3 Å². The molecule has 1 aromatic carbocycles. The number of nitrogens with one attached hydrogen (secondary N) is 1. The number of aromatic nitrogens is 1. The molecule has 112 valence electrons. The summed E-state index contributed by atoms with van der Waals surface area (Å²) in [6.45, 7) is 5.73. The van der Waals surface area contributed by atoms with E-state index in [0.29, 0.717) is 12.6 Å². The highest BCUT2D eigenvalue weighted by Crippen LogP contribution is 2.17. The van der Waals surface area contributed by atoms with Gasteiger partial charge in [-0.15, -0.1) is 11.8 Å². The molecule has 1 heterocycles. The highest BCUT2D eigenvalue weighted by Gasteiger charge is 1.99. The standard InChI is InChI=1S/C17H22N2OS/c1-14(2)18-12-15-8-9-16(13-19-15)20-10-11-21-17-6-4-3-5-7-17/h3-9,13-14,18H,10-12H2,1-2H3. The summed E-state index contributed by atoms with van der Waals surface area (Å²) < 4.78 is 5.70. The first-order valence-corrected chi connectivity index (χ1v) is 8.21. The molecule has 0 amide bonds. The van der Waals surface area contributed by atoms with E-state index in [2.05, 4.69) is 48.4 Å². The summed E-state index contributed by atoms with van der Waals surface area (Å²) in [5.74, 6) is 1.76. The van der Waals surface area contributed by atoms with Crippen molar-refractivity contribution in [1.29, 1.82) is 0 Å². The zero-order valence-corrected chi connectivity index (χ0v) is 13.4. The third kappa shape index (κ3) is 6.19. The average molecular weight is 302 g/mol. The Balaban J connectivity index is 1.69. The van der Waals surface area contributed by atoms with Crippen molar-refractivity contribution in [3.63, 3.8) is 0 Å². The highest BCUT2D eigenvalue weighted by atomic mass is 32.2. The molecule has 2 rings (SSSR count). The molecule has 1 N–H and O–H groups in total. The number of hydrogen-bond acceptors (Lipinski definition) is 4. The number of hydrogen-bond donors (Lipinski definition) is 1. The lowest BCUT2D eigenvalue weighted by molar-refractivity contribution is 0.342. The summed E-state index contributed by atoms with van der Waals surface area (Å²) in [6.07, 6.45) is 1.80. The Morgan fingerprint density at radius 2 is 1.95 bits per heavy atom. The maximum Gasteiger partial charge on any atom is 0.137 e. The molecule has 0 aliphatic heterocycles. The summed E-state index contributed by atoms with van der Waals surface area (Å²) in [6, 6.07) is 14.8. The van der Waals surface area contributed by atoms with Crippen LogP contribution in [0, 0.1) is 0 Å². The van der Waals surface area contributed by atoms with Gasteiger partial charge in [-0.1, -0.05) is 32.0 Å². The third-order valence-electron chi connectivity index (χ3n) is 2.85. The van der Waals surface area contributed by atoms with Gasteiger partial charge < -0.3 is 10.1 Å². The topological polar surface area (TPSA) is 34.1 Å². The van der Waals surface area contributed by atoms with Gasteiger partial charge in [0.1, 0.15) is 5.75 Å². The largest absolute Gasteiger partial charge is 0.491 e. The molecule has 0 fully saturated rings. The average Bonchev–Trinajstić information content (AvgIpc) is 2.52. The summed E-state index contributed by atoms with van der Waals surface area (Å²) in [4.78, 5) is 5.67. The van der Waals surface area contributed by atoms with Crippen molar-refractivity contribution in [3.05, 3.63) is 54.4 Å². The van der Waals surface area contributed by atoms with E-state index in [0.717, 1.165) is 23.7 Å². The van der Waals surface area contributed by atoms with Gasteiger partial charge in [0.05, 0.1) is 18.5 Å². The minimum atomic E-state index is 0.470. The molecule has 0 saturated carbocycles. The number of thioether (sulfide) groups is 1. The Morgan fingerprint density at radius 3 is 2.62 bits per heavy atom. The predicted octanol–water partition coefficient (Wildman–Crippen LogP) is 3.75. The zero-order valence-electron chi connectivity index (χ0n) is 12.6. The van der Waals surface area contributed by atoms with Crippen molar-refractivity contribution in [2.75, 3.05) is 12.4 Å². The second kappa shape index (κ2) is 8.70. The number of rotatable bonds is 8. The first-order valence-electron chi connectivity index (χ1n) is 7.23. The van der Waals surface area contributed by atoms with Gasteiger partial charge >= 0.3 is 0 Å². The van der Waals surface area contributed by atoms with E-state index in [1.165, 1.54) is 4.90 Å². The first-order chi connectivity index (χ1) is 10.2. The van der Waals surface area contributed by atoms with Crippen LogP contribution in [-0.4, -0.2) is 23.4 Å². The van der Waals surface area contributed by atoms with E-state index in [1.807, 2.05) is 18.2 Å². The van der Waals surface area contributed by atoms with Crippen LogP contribution in [0.5, 0.6) is 5.75 Å². The minimum Gasteiger partial charge on any atom is -0.491 e. The SMILES string of the molecule is CC(C)NCc1ccc(OCCSc2ccccc2)cn1. The second-order valence-corrected chi connectivity index (χ2v) is 6.20. The smallest absolute Gasteiger partial charge is 0.137 e. The quantitative estimate of drug-likeness (QED) is 0.595. The van der Waals surface area contributed by atoms with Gasteiger partial charge in [-0.3, -0.25) is 4.98 Å². The molecule has 0 saturated heterocycles. The fourth-order valence-corrected chi connectivity index (χ4v) is 2.50. The summed E-state index contributed by atoms with van der Waals surface area (Å²) in [5, 5.41) is 3.35. The third-order valence-corrected chi connectivity index (χ3v) is 3.83. The summed E-state index contributed by atoms with van der Waals surface area (Å²) >= 11 is 1.80. The fraction of sp³-hybridized carbons (Fsp3) is 0.353. The van der Waals surface area contributed by atoms with Crippen LogP contribution in [0.2, 0.25) is 0 Å². The van der Waals surface area contributed by atoms with Crippen molar-refractivity contribution >= 4 is 11.8 Å². The molecule has 0 atom stereocenters. The lowest BCUT2D eigenvalue weighted by Crippen LogP contribution is -2.22. The fourth-order valence-electron chi connectivity index (χ4n) is 1.75. The molecule has 0 spiro atoms. The maximum absolute atomic E-state index is 5.70. The van der Waals surface area contributed by atoms with Crippen molar-refractivity contribution < 1.29 is 4.74 Å². The second-order valence-electron chi connectivity index (χ2n) is 5.03. The number of benzene rings is 1. The Bertz CT molecular complexity index is 514. The molecular weight excluding hydrogens is 280 g/mol. The summed E-state index contributed by atoms with van der Waals surface area (Å²) in [5.41, 5.74) is 1.04. The molecular formula is C17H22N2OS. The van der Waals surface area contributed by atoms with Crippen LogP contribution in [0.25, 0.3) is 0 Å². The van der Waals surface area contributed by atoms with Crippen LogP contribution < -0.4 is 10.1 Å². The van der Waals surface area contributed by atoms with Gasteiger partial charge in [-0.05, 0) is 24.3 Å². The lowest BCUT2D eigenvalue weighted by atomic mass is 10.3. The highest BCUT2D eigenvalue weighted by molar-refractivity contribution is 7.99. The Morgan fingerprint density at radius 1 is 1.14 bits per heavy atom. The van der Waals surface area contributed by atoms with E-state index in [4.69, 9.17) is 4.74 Å². The molecule has 0 unspecified atom stereocenters. The first kappa shape index (κ1) is 15.9. The summed E-state index contributed by atoms with van der Waals surface area (Å²) in [7, 11) is 0. The molecule has 0 aliphatic rings. The van der Waals surface area contributed by atoms with Crippen molar-refractivity contribution in [1.82, 2.24) is 10.3 Å². The monoisotopic (exact) mass is 302 g/mol. The molecule has 2 aromatic rings. The van der Waals surface area contributed by atoms with Gasteiger partial charge in [0.25, 0.3) is 0 Å². The molecule has 4 heteroatoms. The van der Waals surface area contributed by atoms with E-state index < -0.39 is 0 Å². The van der Waals surface area contributed by atoms with Gasteiger partial charge in [-0.2, -0.15) is 0 Å². The predicted molar refractivity (Wildman–Crippen MR) is 88.9 cm³/mol. The van der Waals surface area contributed by atoms with Gasteiger partial charge in [-0.25, -0.2) is 0 Å². The molecule has 0 bridgehead atoms. The molecule has 1 aromatic heterocycles. The number of ether oxygens (including phenoxy) is 1. The van der Waals surface area contributed by atoms with Crippen molar-refractivity contribution in [3.8, 4) is 5.75 Å². The van der Waals surface area contributed by atoms with E-state index in [-0.39, 0.29) is 0 Å². The van der Waals surface area contributed by atoms with E-state index >= 15 is 0 Å². The lowest BCUT2D eigenvalue weighted by Gasteiger charge is -2.09.